The number of carbonyl (C=O) groups is 2. The number of hydrogen-bond donors (Lipinski definition) is 0. The van der Waals surface area contributed by atoms with Crippen LogP contribution < -0.4 is 4.89 Å². The van der Waals surface area contributed by atoms with Crippen molar-refractivity contribution in [2.45, 2.75) is 161 Å². The second-order valence-corrected chi connectivity index (χ2v) is 17.5. The molecule has 0 aromatic carbocycles. The summed E-state index contributed by atoms with van der Waals surface area (Å²) in [7, 11) is 1.10. The molecule has 59 heavy (non-hydrogen) atoms. The molecule has 0 radical (unpaired) electrons. The molecule has 1 aliphatic heterocycles. The lowest BCUT2D eigenvalue weighted by molar-refractivity contribution is -0.870. The Labute approximate surface area is 358 Å². The van der Waals surface area contributed by atoms with Crippen LogP contribution in [0.15, 0.2) is 85.1 Å². The normalized spacial score (nSPS) is 17.8. The highest BCUT2D eigenvalue weighted by atomic mass is 31.2. The Balaban J connectivity index is 2.34. The summed E-state index contributed by atoms with van der Waals surface area (Å²) in [6.45, 7) is 3.95. The maximum atomic E-state index is 12.7. The number of likely N-dealkylation sites (N-methyl/N-ethyl adjacent to an activating group) is 1. The van der Waals surface area contributed by atoms with Crippen molar-refractivity contribution in [3.8, 4) is 0 Å². The van der Waals surface area contributed by atoms with Crippen LogP contribution >= 0.6 is 7.82 Å². The predicted octanol–water partition coefficient (Wildman–Crippen LogP) is 11.2. The summed E-state index contributed by atoms with van der Waals surface area (Å²) in [5.41, 5.74) is 0. The van der Waals surface area contributed by atoms with Gasteiger partial charge >= 0.3 is 11.9 Å². The van der Waals surface area contributed by atoms with Crippen LogP contribution in [0.5, 0.6) is 0 Å². The third-order valence-electron chi connectivity index (χ3n) is 9.32. The van der Waals surface area contributed by atoms with Crippen LogP contribution in [0.2, 0.25) is 0 Å². The van der Waals surface area contributed by atoms with E-state index in [9.17, 15) is 19.0 Å². The highest BCUT2D eigenvalue weighted by molar-refractivity contribution is 7.45. The molecule has 1 rings (SSSR count). The molecule has 3 unspecified atom stereocenters. The van der Waals surface area contributed by atoms with Crippen LogP contribution in [-0.4, -0.2) is 82.2 Å². The monoisotopic (exact) mass is 846 g/mol. The number of ether oxygens (including phenoxy) is 3. The van der Waals surface area contributed by atoms with E-state index in [0.717, 1.165) is 83.5 Å². The number of hydrogen-bond acceptors (Lipinski definition) is 9. The van der Waals surface area contributed by atoms with Crippen molar-refractivity contribution >= 4 is 19.8 Å². The van der Waals surface area contributed by atoms with Gasteiger partial charge in [0.2, 0.25) is 0 Å². The smallest absolute Gasteiger partial charge is 0.306 e. The zero-order valence-electron chi connectivity index (χ0n) is 37.4. The van der Waals surface area contributed by atoms with Gasteiger partial charge in [-0.15, -0.1) is 0 Å². The summed E-state index contributed by atoms with van der Waals surface area (Å²) in [6, 6.07) is 0. The number of allylic oxidation sites excluding steroid dienone is 12. The fourth-order valence-corrected chi connectivity index (χ4v) is 6.42. The zero-order valence-corrected chi connectivity index (χ0v) is 38.2. The second-order valence-electron chi connectivity index (χ2n) is 16.1. The number of rotatable bonds is 38. The molecule has 0 saturated carbocycles. The van der Waals surface area contributed by atoms with Gasteiger partial charge in [-0.2, -0.15) is 0 Å². The Hall–Kier alpha value is -2.85. The van der Waals surface area contributed by atoms with Crippen molar-refractivity contribution in [3.63, 3.8) is 0 Å². The minimum Gasteiger partial charge on any atom is -0.756 e. The number of phosphoric acid groups is 1. The Morgan fingerprint density at radius 3 is 1.75 bits per heavy atom. The number of epoxide rings is 1. The van der Waals surface area contributed by atoms with E-state index in [4.69, 9.17) is 23.3 Å². The van der Waals surface area contributed by atoms with Crippen LogP contribution in [-0.2, 0) is 37.4 Å². The molecule has 0 aliphatic carbocycles. The first kappa shape index (κ1) is 54.2. The molecule has 1 heterocycles. The van der Waals surface area contributed by atoms with Gasteiger partial charge in [-0.05, 0) is 83.5 Å². The summed E-state index contributed by atoms with van der Waals surface area (Å²) in [5, 5.41) is 0. The van der Waals surface area contributed by atoms with E-state index in [-0.39, 0.29) is 26.1 Å². The minimum atomic E-state index is -4.65. The lowest BCUT2D eigenvalue weighted by Gasteiger charge is -2.28. The molecule has 1 fully saturated rings. The minimum absolute atomic E-state index is 0.0514. The lowest BCUT2D eigenvalue weighted by Crippen LogP contribution is -2.37. The van der Waals surface area contributed by atoms with Gasteiger partial charge in [0.05, 0.1) is 40.0 Å². The molecular formula is C48H80NO9P. The predicted molar refractivity (Wildman–Crippen MR) is 240 cm³/mol. The van der Waals surface area contributed by atoms with Crippen LogP contribution in [0, 0.1) is 0 Å². The lowest BCUT2D eigenvalue weighted by atomic mass is 10.1. The van der Waals surface area contributed by atoms with Crippen LogP contribution in [0.1, 0.15) is 142 Å². The first-order valence-electron chi connectivity index (χ1n) is 22.4. The van der Waals surface area contributed by atoms with Gasteiger partial charge < -0.3 is 32.6 Å². The molecule has 0 spiro atoms. The summed E-state index contributed by atoms with van der Waals surface area (Å²) >= 11 is 0. The van der Waals surface area contributed by atoms with Crippen LogP contribution in [0.3, 0.4) is 0 Å². The first-order valence-corrected chi connectivity index (χ1v) is 23.9. The van der Waals surface area contributed by atoms with Crippen molar-refractivity contribution in [1.82, 2.24) is 0 Å². The van der Waals surface area contributed by atoms with Gasteiger partial charge in [-0.25, -0.2) is 0 Å². The fraction of sp³-hybridized carbons (Fsp3) is 0.667. The molecule has 11 heteroatoms. The third kappa shape index (κ3) is 36.7. The van der Waals surface area contributed by atoms with Gasteiger partial charge in [0.15, 0.2) is 6.10 Å². The summed E-state index contributed by atoms with van der Waals surface area (Å²) in [5.74, 6) is -0.962. The van der Waals surface area contributed by atoms with E-state index in [0.29, 0.717) is 36.1 Å². The number of esters is 2. The Kier molecular flexibility index (Phi) is 32.9. The zero-order chi connectivity index (χ0) is 43.3. The molecule has 10 nitrogen and oxygen atoms in total. The SMILES string of the molecule is CC/C=C\CC1OC1C/C=C\C/C=C\C/C=C\C/C=C\CCC(=O)OC[C@H](COP(=O)([O-])OCC[N+](C)(C)C)OC(=O)CCCCCCC/C=C\C/C=C\CCCCC. The van der Waals surface area contributed by atoms with Gasteiger partial charge in [-0.3, -0.25) is 14.2 Å². The molecular weight excluding hydrogens is 765 g/mol. The number of phosphoric ester groups is 1. The van der Waals surface area contributed by atoms with E-state index >= 15 is 0 Å². The Bertz CT molecular complexity index is 1340. The van der Waals surface area contributed by atoms with Gasteiger partial charge in [0, 0.05) is 12.8 Å². The number of nitrogens with zero attached hydrogens (tertiary/aromatic N) is 1. The molecule has 1 aliphatic rings. The third-order valence-corrected chi connectivity index (χ3v) is 10.3. The van der Waals surface area contributed by atoms with Crippen molar-refractivity contribution < 1.29 is 46.8 Å². The van der Waals surface area contributed by atoms with Crippen molar-refractivity contribution in [3.05, 3.63) is 85.1 Å². The second kappa shape index (κ2) is 35.9. The van der Waals surface area contributed by atoms with Crippen molar-refractivity contribution in [2.24, 2.45) is 0 Å². The highest BCUT2D eigenvalue weighted by Gasteiger charge is 2.36. The topological polar surface area (TPSA) is 124 Å². The quantitative estimate of drug-likeness (QED) is 0.0149. The molecule has 0 N–H and O–H groups in total. The van der Waals surface area contributed by atoms with E-state index in [1.165, 1.54) is 19.3 Å². The first-order chi connectivity index (χ1) is 28.5. The van der Waals surface area contributed by atoms with Crippen molar-refractivity contribution in [2.75, 3.05) is 47.5 Å². The van der Waals surface area contributed by atoms with Crippen LogP contribution in [0.25, 0.3) is 0 Å². The highest BCUT2D eigenvalue weighted by Crippen LogP contribution is 2.38. The maximum absolute atomic E-state index is 12.7. The average Bonchev–Trinajstić information content (AvgIpc) is 3.94. The van der Waals surface area contributed by atoms with Gasteiger partial charge in [-0.1, -0.05) is 131 Å². The molecule has 0 aromatic heterocycles. The van der Waals surface area contributed by atoms with Gasteiger partial charge in [0.25, 0.3) is 7.82 Å². The number of quaternary nitrogens is 1. The Morgan fingerprint density at radius 1 is 0.627 bits per heavy atom. The van der Waals surface area contributed by atoms with E-state index in [1.807, 2.05) is 33.3 Å². The Morgan fingerprint density at radius 2 is 1.15 bits per heavy atom. The van der Waals surface area contributed by atoms with E-state index in [2.05, 4.69) is 86.8 Å². The molecule has 336 valence electrons. The van der Waals surface area contributed by atoms with E-state index in [1.54, 1.807) is 0 Å². The van der Waals surface area contributed by atoms with Crippen molar-refractivity contribution in [1.29, 1.82) is 0 Å². The molecule has 1 saturated heterocycles. The summed E-state index contributed by atoms with van der Waals surface area (Å²) in [6.07, 6.45) is 48.1. The average molecular weight is 846 g/mol. The summed E-state index contributed by atoms with van der Waals surface area (Å²) < 4.78 is 39.5. The standard InChI is InChI=1S/C48H80NO9P/c1-6-8-10-11-12-13-14-15-16-17-22-25-28-31-35-39-48(51)57-44(43-56-59(52,53)55-41-40-49(3,4)5)42-54-47(50)38-34-30-27-24-21-19-18-20-23-26-29-33-37-46-45(58-46)36-32-9-7-2/h9,12-13,15-16,19-21,23,27,29-30,32-33,44-46H,6-8,10-11,14,17-18,22,24-26,28,31,34-43H2,1-5H3/b13-12-,16-15-,21-19-,23-20-,30-27-,32-9-,33-29-/t44-,45?,46?/m1/s1. The number of unbranched alkanes of at least 4 members (excludes halogenated alkanes) is 8. The van der Waals surface area contributed by atoms with E-state index < -0.39 is 32.5 Å². The van der Waals surface area contributed by atoms with Gasteiger partial charge in [0.1, 0.15) is 19.8 Å². The molecule has 0 bridgehead atoms. The maximum Gasteiger partial charge on any atom is 0.306 e. The molecule has 0 aromatic rings. The largest absolute Gasteiger partial charge is 0.756 e. The van der Waals surface area contributed by atoms with Crippen LogP contribution in [0.4, 0.5) is 0 Å². The molecule has 0 amide bonds. The fourth-order valence-electron chi connectivity index (χ4n) is 5.69. The molecule has 4 atom stereocenters. The number of carbonyl (C=O) groups excluding carboxylic acids is 2. The summed E-state index contributed by atoms with van der Waals surface area (Å²) in [4.78, 5) is 37.5.